The Bertz CT molecular complexity index is 774. The van der Waals surface area contributed by atoms with Gasteiger partial charge in [-0.3, -0.25) is 9.79 Å². The van der Waals surface area contributed by atoms with Crippen LogP contribution in [-0.4, -0.2) is 44.5 Å². The Morgan fingerprint density at radius 3 is 2.58 bits per heavy atom. The summed E-state index contributed by atoms with van der Waals surface area (Å²) in [6.07, 6.45) is 0.793. The summed E-state index contributed by atoms with van der Waals surface area (Å²) in [5.41, 5.74) is 2.83. The summed E-state index contributed by atoms with van der Waals surface area (Å²) in [5.74, 6) is 0.725. The van der Waals surface area contributed by atoms with Gasteiger partial charge < -0.3 is 15.5 Å². The minimum atomic E-state index is 0.0111. The van der Waals surface area contributed by atoms with Crippen LogP contribution in [0.15, 0.2) is 53.5 Å². The van der Waals surface area contributed by atoms with Gasteiger partial charge in [0.2, 0.25) is 0 Å². The lowest BCUT2D eigenvalue weighted by atomic mass is 10.1. The molecule has 26 heavy (non-hydrogen) atoms. The van der Waals surface area contributed by atoms with Gasteiger partial charge in [-0.2, -0.15) is 0 Å². The zero-order chi connectivity index (χ0) is 18.9. The van der Waals surface area contributed by atoms with Crippen molar-refractivity contribution in [2.75, 3.05) is 27.7 Å². The zero-order valence-electron chi connectivity index (χ0n) is 15.4. The SMILES string of the molecule is CN=C(NCCc1cccc(C(=O)N(C)C)c1)NCc1ccccc1Cl. The summed E-state index contributed by atoms with van der Waals surface area (Å²) in [6.45, 7) is 1.31. The van der Waals surface area contributed by atoms with Gasteiger partial charge in [-0.05, 0) is 35.7 Å². The van der Waals surface area contributed by atoms with Gasteiger partial charge in [0.05, 0.1) is 0 Å². The van der Waals surface area contributed by atoms with Crippen LogP contribution in [0.3, 0.4) is 0 Å². The highest BCUT2D eigenvalue weighted by atomic mass is 35.5. The second-order valence-corrected chi connectivity index (χ2v) is 6.50. The number of aliphatic imine (C=N–C) groups is 1. The number of nitrogens with one attached hydrogen (secondary N) is 2. The predicted octanol–water partition coefficient (Wildman–Crippen LogP) is 2.95. The number of nitrogens with zero attached hydrogens (tertiary/aromatic N) is 2. The number of hydrogen-bond acceptors (Lipinski definition) is 2. The van der Waals surface area contributed by atoms with E-state index in [1.165, 1.54) is 0 Å². The van der Waals surface area contributed by atoms with Crippen LogP contribution in [0.4, 0.5) is 0 Å². The van der Waals surface area contributed by atoms with E-state index in [9.17, 15) is 4.79 Å². The van der Waals surface area contributed by atoms with Gasteiger partial charge in [-0.15, -0.1) is 0 Å². The lowest BCUT2D eigenvalue weighted by Crippen LogP contribution is -2.37. The highest BCUT2D eigenvalue weighted by Gasteiger charge is 2.08. The fourth-order valence-corrected chi connectivity index (χ4v) is 2.69. The molecule has 0 aliphatic heterocycles. The highest BCUT2D eigenvalue weighted by molar-refractivity contribution is 6.31. The molecule has 138 valence electrons. The third-order valence-corrected chi connectivity index (χ3v) is 4.28. The Morgan fingerprint density at radius 1 is 1.12 bits per heavy atom. The normalized spacial score (nSPS) is 11.2. The van der Waals surface area contributed by atoms with Gasteiger partial charge in [0.15, 0.2) is 5.96 Å². The molecule has 2 N–H and O–H groups in total. The first kappa shape index (κ1) is 19.8. The summed E-state index contributed by atoms with van der Waals surface area (Å²) < 4.78 is 0. The number of benzene rings is 2. The van der Waals surface area contributed by atoms with Crippen LogP contribution >= 0.6 is 11.6 Å². The molecular weight excluding hydrogens is 348 g/mol. The smallest absolute Gasteiger partial charge is 0.253 e. The number of hydrogen-bond donors (Lipinski definition) is 2. The van der Waals surface area contributed by atoms with Crippen LogP contribution in [-0.2, 0) is 13.0 Å². The third-order valence-electron chi connectivity index (χ3n) is 3.91. The van der Waals surface area contributed by atoms with Crippen molar-refractivity contribution in [2.45, 2.75) is 13.0 Å². The van der Waals surface area contributed by atoms with Crippen molar-refractivity contribution in [1.82, 2.24) is 15.5 Å². The van der Waals surface area contributed by atoms with Gasteiger partial charge in [-0.25, -0.2) is 0 Å². The van der Waals surface area contributed by atoms with E-state index in [1.54, 1.807) is 26.0 Å². The average Bonchev–Trinajstić information content (AvgIpc) is 2.65. The standard InChI is InChI=1S/C20H25ClN4O/c1-22-20(24-14-17-8-4-5-10-18(17)21)23-12-11-15-7-6-9-16(13-15)19(26)25(2)3/h4-10,13H,11-12,14H2,1-3H3,(H2,22,23,24). The Hall–Kier alpha value is -2.53. The van der Waals surface area contributed by atoms with E-state index in [-0.39, 0.29) is 5.91 Å². The number of carbonyl (C=O) groups excluding carboxylic acids is 1. The fourth-order valence-electron chi connectivity index (χ4n) is 2.48. The van der Waals surface area contributed by atoms with Gasteiger partial charge in [0.1, 0.15) is 0 Å². The summed E-state index contributed by atoms with van der Waals surface area (Å²) in [7, 11) is 5.24. The molecule has 0 saturated carbocycles. The number of amides is 1. The maximum Gasteiger partial charge on any atom is 0.253 e. The molecule has 6 heteroatoms. The average molecular weight is 373 g/mol. The second kappa shape index (κ2) is 9.82. The van der Waals surface area contributed by atoms with Crippen LogP contribution in [0, 0.1) is 0 Å². The molecule has 0 atom stereocenters. The molecule has 1 amide bonds. The molecule has 0 aliphatic rings. The summed E-state index contributed by atoms with van der Waals surface area (Å²) in [6, 6.07) is 15.4. The highest BCUT2D eigenvalue weighted by Crippen LogP contribution is 2.14. The van der Waals surface area contributed by atoms with Gasteiger partial charge in [0.25, 0.3) is 5.91 Å². The van der Waals surface area contributed by atoms with Crippen LogP contribution in [0.25, 0.3) is 0 Å². The first-order chi connectivity index (χ1) is 12.5. The molecular formula is C20H25ClN4O. The molecule has 0 bridgehead atoms. The Balaban J connectivity index is 1.85. The molecule has 0 heterocycles. The van der Waals surface area contributed by atoms with E-state index in [2.05, 4.69) is 15.6 Å². The predicted molar refractivity (Wildman–Crippen MR) is 108 cm³/mol. The Kier molecular flexibility index (Phi) is 7.48. The van der Waals surface area contributed by atoms with E-state index < -0.39 is 0 Å². The second-order valence-electron chi connectivity index (χ2n) is 6.09. The zero-order valence-corrected chi connectivity index (χ0v) is 16.2. The fraction of sp³-hybridized carbons (Fsp3) is 0.300. The topological polar surface area (TPSA) is 56.7 Å². The molecule has 0 aromatic heterocycles. The van der Waals surface area contributed by atoms with Crippen molar-refractivity contribution in [3.63, 3.8) is 0 Å². The van der Waals surface area contributed by atoms with E-state index >= 15 is 0 Å². The number of halogens is 1. The first-order valence-corrected chi connectivity index (χ1v) is 8.87. The van der Waals surface area contributed by atoms with E-state index in [0.717, 1.165) is 22.6 Å². The molecule has 2 aromatic rings. The third kappa shape index (κ3) is 5.77. The largest absolute Gasteiger partial charge is 0.356 e. The van der Waals surface area contributed by atoms with E-state index in [1.807, 2.05) is 48.5 Å². The van der Waals surface area contributed by atoms with E-state index in [0.29, 0.717) is 24.6 Å². The van der Waals surface area contributed by atoms with Crippen molar-refractivity contribution in [1.29, 1.82) is 0 Å². The molecule has 0 unspecified atom stereocenters. The molecule has 2 rings (SSSR count). The lowest BCUT2D eigenvalue weighted by Gasteiger charge is -2.13. The van der Waals surface area contributed by atoms with Crippen LogP contribution in [0.2, 0.25) is 5.02 Å². The molecule has 0 radical (unpaired) electrons. The van der Waals surface area contributed by atoms with Crippen LogP contribution in [0.1, 0.15) is 21.5 Å². The minimum Gasteiger partial charge on any atom is -0.356 e. The maximum atomic E-state index is 12.0. The minimum absolute atomic E-state index is 0.0111. The van der Waals surface area contributed by atoms with Gasteiger partial charge in [0, 0.05) is 44.8 Å². The van der Waals surface area contributed by atoms with Crippen molar-refractivity contribution < 1.29 is 4.79 Å². The molecule has 0 saturated heterocycles. The van der Waals surface area contributed by atoms with E-state index in [4.69, 9.17) is 11.6 Å². The lowest BCUT2D eigenvalue weighted by molar-refractivity contribution is 0.0827. The monoisotopic (exact) mass is 372 g/mol. The van der Waals surface area contributed by atoms with Crippen molar-refractivity contribution in [2.24, 2.45) is 4.99 Å². The molecule has 2 aromatic carbocycles. The van der Waals surface area contributed by atoms with Crippen molar-refractivity contribution in [3.05, 3.63) is 70.2 Å². The molecule has 5 nitrogen and oxygen atoms in total. The quantitative estimate of drug-likeness (QED) is 0.605. The molecule has 0 spiro atoms. The number of carbonyl (C=O) groups is 1. The van der Waals surface area contributed by atoms with Gasteiger partial charge >= 0.3 is 0 Å². The van der Waals surface area contributed by atoms with Crippen LogP contribution < -0.4 is 10.6 Å². The first-order valence-electron chi connectivity index (χ1n) is 8.49. The summed E-state index contributed by atoms with van der Waals surface area (Å²) in [4.78, 5) is 17.8. The Morgan fingerprint density at radius 2 is 1.88 bits per heavy atom. The van der Waals surface area contributed by atoms with Crippen molar-refractivity contribution >= 4 is 23.5 Å². The number of guanidine groups is 1. The van der Waals surface area contributed by atoms with Crippen molar-refractivity contribution in [3.8, 4) is 0 Å². The summed E-state index contributed by atoms with van der Waals surface area (Å²) >= 11 is 6.17. The molecule has 0 fully saturated rings. The van der Waals surface area contributed by atoms with Crippen LogP contribution in [0.5, 0.6) is 0 Å². The van der Waals surface area contributed by atoms with Gasteiger partial charge in [-0.1, -0.05) is 41.9 Å². The number of rotatable bonds is 6. The summed E-state index contributed by atoms with van der Waals surface area (Å²) in [5, 5.41) is 7.26. The Labute approximate surface area is 160 Å². The molecule has 0 aliphatic carbocycles. The maximum absolute atomic E-state index is 12.0.